The number of thioether (sulfide) groups is 1. The number of hydrogen-bond donors (Lipinski definition) is 2. The first kappa shape index (κ1) is 17.9. The summed E-state index contributed by atoms with van der Waals surface area (Å²) in [7, 11) is 0. The van der Waals surface area contributed by atoms with Gasteiger partial charge in [-0.05, 0) is 41.8 Å². The van der Waals surface area contributed by atoms with Crippen molar-refractivity contribution >= 4 is 57.2 Å². The molecule has 29 heavy (non-hydrogen) atoms. The molecule has 1 aliphatic heterocycles. The lowest BCUT2D eigenvalue weighted by molar-refractivity contribution is -0.113. The molecule has 142 valence electrons. The second-order valence-corrected chi connectivity index (χ2v) is 8.52. The van der Waals surface area contributed by atoms with Crippen LogP contribution in [0.15, 0.2) is 70.9 Å². The zero-order valence-electron chi connectivity index (χ0n) is 15.1. The summed E-state index contributed by atoms with van der Waals surface area (Å²) in [6.07, 6.45) is 0. The number of benzene rings is 2. The van der Waals surface area contributed by atoms with Crippen molar-refractivity contribution in [3.05, 3.63) is 71.6 Å². The maximum atomic E-state index is 13.2. The van der Waals surface area contributed by atoms with Crippen molar-refractivity contribution in [2.24, 2.45) is 0 Å². The molecule has 0 radical (unpaired) electrons. The predicted molar refractivity (Wildman–Crippen MR) is 119 cm³/mol. The first-order chi connectivity index (χ1) is 14.2. The molecule has 0 unspecified atom stereocenters. The molecule has 0 saturated heterocycles. The SMILES string of the molecule is O=C1CSc2ccc(NC(=O)c3cc(-c4cccs4)nc4ccccc34)cc2N1. The van der Waals surface area contributed by atoms with E-state index in [1.807, 2.05) is 60.0 Å². The Kier molecular flexibility index (Phi) is 4.54. The summed E-state index contributed by atoms with van der Waals surface area (Å²) in [6.45, 7) is 0. The van der Waals surface area contributed by atoms with E-state index in [1.54, 1.807) is 17.4 Å². The fourth-order valence-electron chi connectivity index (χ4n) is 3.27. The normalized spacial score (nSPS) is 13.0. The van der Waals surface area contributed by atoms with Gasteiger partial charge in [0.2, 0.25) is 5.91 Å². The van der Waals surface area contributed by atoms with Crippen LogP contribution in [0, 0.1) is 0 Å². The van der Waals surface area contributed by atoms with E-state index in [0.29, 0.717) is 17.0 Å². The van der Waals surface area contributed by atoms with Crippen LogP contribution in [0.4, 0.5) is 11.4 Å². The second-order valence-electron chi connectivity index (χ2n) is 6.55. The number of carbonyl (C=O) groups is 2. The molecular weight excluding hydrogens is 402 g/mol. The van der Waals surface area contributed by atoms with Crippen molar-refractivity contribution in [2.75, 3.05) is 16.4 Å². The van der Waals surface area contributed by atoms with Gasteiger partial charge in [0, 0.05) is 16.0 Å². The number of thiophene rings is 1. The summed E-state index contributed by atoms with van der Waals surface area (Å²) in [4.78, 5) is 31.5. The molecule has 2 aromatic heterocycles. The van der Waals surface area contributed by atoms with Crippen LogP contribution in [0.5, 0.6) is 0 Å². The summed E-state index contributed by atoms with van der Waals surface area (Å²) in [5.74, 6) is 0.163. The topological polar surface area (TPSA) is 71.1 Å². The van der Waals surface area contributed by atoms with Gasteiger partial charge in [-0.3, -0.25) is 9.59 Å². The first-order valence-electron chi connectivity index (χ1n) is 8.99. The van der Waals surface area contributed by atoms with E-state index < -0.39 is 0 Å². The maximum absolute atomic E-state index is 13.2. The number of aromatic nitrogens is 1. The number of anilines is 2. The molecule has 0 aliphatic carbocycles. The molecule has 0 bridgehead atoms. The van der Waals surface area contributed by atoms with Gasteiger partial charge in [-0.25, -0.2) is 4.98 Å². The van der Waals surface area contributed by atoms with E-state index in [1.165, 1.54) is 11.8 Å². The van der Waals surface area contributed by atoms with Crippen molar-refractivity contribution in [2.45, 2.75) is 4.90 Å². The summed E-state index contributed by atoms with van der Waals surface area (Å²) >= 11 is 3.08. The largest absolute Gasteiger partial charge is 0.324 e. The van der Waals surface area contributed by atoms with Gasteiger partial charge in [0.05, 0.1) is 33.1 Å². The van der Waals surface area contributed by atoms with Crippen LogP contribution >= 0.6 is 23.1 Å². The summed E-state index contributed by atoms with van der Waals surface area (Å²) in [6, 6.07) is 19.0. The van der Waals surface area contributed by atoms with Crippen LogP contribution in [-0.4, -0.2) is 22.6 Å². The third kappa shape index (κ3) is 3.50. The monoisotopic (exact) mass is 417 g/mol. The van der Waals surface area contributed by atoms with Crippen LogP contribution in [0.2, 0.25) is 0 Å². The summed E-state index contributed by atoms with van der Waals surface area (Å²) in [5.41, 5.74) is 3.48. The van der Waals surface area contributed by atoms with Gasteiger partial charge >= 0.3 is 0 Å². The Labute approximate surface area is 175 Å². The fourth-order valence-corrected chi connectivity index (χ4v) is 4.75. The lowest BCUT2D eigenvalue weighted by Crippen LogP contribution is -2.19. The van der Waals surface area contributed by atoms with E-state index in [2.05, 4.69) is 10.6 Å². The van der Waals surface area contributed by atoms with Gasteiger partial charge < -0.3 is 10.6 Å². The standard InChI is InChI=1S/C22H15N3O2S2/c26-21-12-29-20-8-7-13(10-17(20)25-21)23-22(27)15-11-18(19-6-3-9-28-19)24-16-5-2-1-4-14(15)16/h1-11H,12H2,(H,23,27)(H,25,26). The number of carbonyl (C=O) groups excluding carboxylic acids is 2. The Hall–Kier alpha value is -3.16. The van der Waals surface area contributed by atoms with E-state index in [9.17, 15) is 9.59 Å². The van der Waals surface area contributed by atoms with Crippen molar-refractivity contribution in [1.29, 1.82) is 0 Å². The maximum Gasteiger partial charge on any atom is 0.256 e. The van der Waals surface area contributed by atoms with Crippen molar-refractivity contribution in [3.8, 4) is 10.6 Å². The van der Waals surface area contributed by atoms with Gasteiger partial charge in [0.15, 0.2) is 0 Å². The minimum Gasteiger partial charge on any atom is -0.324 e. The average molecular weight is 418 g/mol. The molecule has 0 atom stereocenters. The molecule has 4 aromatic rings. The van der Waals surface area contributed by atoms with E-state index in [4.69, 9.17) is 4.98 Å². The smallest absolute Gasteiger partial charge is 0.256 e. The van der Waals surface area contributed by atoms with Gasteiger partial charge in [0.25, 0.3) is 5.91 Å². The quantitative estimate of drug-likeness (QED) is 0.477. The average Bonchev–Trinajstić information content (AvgIpc) is 3.27. The number of rotatable bonds is 3. The van der Waals surface area contributed by atoms with Crippen LogP contribution in [-0.2, 0) is 4.79 Å². The van der Waals surface area contributed by atoms with Crippen molar-refractivity contribution in [1.82, 2.24) is 4.98 Å². The van der Waals surface area contributed by atoms with Crippen molar-refractivity contribution in [3.63, 3.8) is 0 Å². The Balaban J connectivity index is 1.53. The Bertz CT molecular complexity index is 1250. The molecule has 2 aromatic carbocycles. The lowest BCUT2D eigenvalue weighted by Gasteiger charge is -2.17. The number of fused-ring (bicyclic) bond motifs is 2. The fraction of sp³-hybridized carbons (Fsp3) is 0.0455. The highest BCUT2D eigenvalue weighted by Gasteiger charge is 2.18. The summed E-state index contributed by atoms with van der Waals surface area (Å²) < 4.78 is 0. The highest BCUT2D eigenvalue weighted by atomic mass is 32.2. The molecule has 2 N–H and O–H groups in total. The van der Waals surface area contributed by atoms with Crippen LogP contribution in [0.3, 0.4) is 0 Å². The molecule has 0 fully saturated rings. The number of nitrogens with one attached hydrogen (secondary N) is 2. The van der Waals surface area contributed by atoms with E-state index in [-0.39, 0.29) is 11.8 Å². The molecule has 1 aliphatic rings. The Morgan fingerprint density at radius 2 is 1.97 bits per heavy atom. The van der Waals surface area contributed by atoms with Crippen LogP contribution in [0.1, 0.15) is 10.4 Å². The number of pyridine rings is 1. The third-order valence-electron chi connectivity index (χ3n) is 4.60. The zero-order valence-corrected chi connectivity index (χ0v) is 16.8. The molecule has 2 amide bonds. The molecule has 7 heteroatoms. The number of nitrogens with zero attached hydrogens (tertiary/aromatic N) is 1. The first-order valence-corrected chi connectivity index (χ1v) is 10.9. The van der Waals surface area contributed by atoms with Gasteiger partial charge in [0.1, 0.15) is 0 Å². The third-order valence-corrected chi connectivity index (χ3v) is 6.57. The Morgan fingerprint density at radius 1 is 1.07 bits per heavy atom. The number of amides is 2. The lowest BCUT2D eigenvalue weighted by atomic mass is 10.1. The Morgan fingerprint density at radius 3 is 2.83 bits per heavy atom. The molecular formula is C22H15N3O2S2. The van der Waals surface area contributed by atoms with Gasteiger partial charge in [-0.1, -0.05) is 24.3 Å². The highest BCUT2D eigenvalue weighted by molar-refractivity contribution is 8.00. The number of hydrogen-bond acceptors (Lipinski definition) is 5. The highest BCUT2D eigenvalue weighted by Crippen LogP contribution is 2.34. The second kappa shape index (κ2) is 7.35. The van der Waals surface area contributed by atoms with Gasteiger partial charge in [-0.15, -0.1) is 23.1 Å². The molecule has 0 saturated carbocycles. The zero-order chi connectivity index (χ0) is 19.8. The molecule has 5 rings (SSSR count). The van der Waals surface area contributed by atoms with Crippen LogP contribution in [0.25, 0.3) is 21.5 Å². The number of para-hydroxylation sites is 1. The minimum atomic E-state index is -0.212. The summed E-state index contributed by atoms with van der Waals surface area (Å²) in [5, 5.41) is 8.60. The molecule has 5 nitrogen and oxygen atoms in total. The van der Waals surface area contributed by atoms with Crippen molar-refractivity contribution < 1.29 is 9.59 Å². The molecule has 0 spiro atoms. The minimum absolute atomic E-state index is 0.0355. The van der Waals surface area contributed by atoms with Crippen LogP contribution < -0.4 is 10.6 Å². The van der Waals surface area contributed by atoms with E-state index in [0.717, 1.165) is 32.1 Å². The predicted octanol–water partition coefficient (Wildman–Crippen LogP) is 5.26. The molecule has 3 heterocycles. The van der Waals surface area contributed by atoms with E-state index >= 15 is 0 Å². The van der Waals surface area contributed by atoms with Gasteiger partial charge in [-0.2, -0.15) is 0 Å².